The molecule has 0 amide bonds. The molecule has 0 spiro atoms. The molecule has 3 N–H and O–H groups in total. The van der Waals surface area contributed by atoms with E-state index in [2.05, 4.69) is 59.9 Å². The highest BCUT2D eigenvalue weighted by molar-refractivity contribution is 5.78. The van der Waals surface area contributed by atoms with Crippen LogP contribution in [0.3, 0.4) is 0 Å². The number of nitrogens with zero attached hydrogens (tertiary/aromatic N) is 2. The Morgan fingerprint density at radius 3 is 2.43 bits per heavy atom. The molecule has 1 aromatic rings. The molecule has 0 radical (unpaired) electrons. The van der Waals surface area contributed by atoms with Gasteiger partial charge in [-0.25, -0.2) is 0 Å². The Morgan fingerprint density at radius 2 is 1.90 bits per heavy atom. The van der Waals surface area contributed by atoms with Crippen LogP contribution in [-0.2, 0) is 0 Å². The summed E-state index contributed by atoms with van der Waals surface area (Å²) in [5, 5.41) is 3.07. The Labute approximate surface area is 128 Å². The van der Waals surface area contributed by atoms with Crippen molar-refractivity contribution in [2.45, 2.75) is 26.8 Å². The number of hydrogen-bond acceptors (Lipinski definition) is 2. The Morgan fingerprint density at radius 1 is 1.29 bits per heavy atom. The fourth-order valence-corrected chi connectivity index (χ4v) is 2.25. The van der Waals surface area contributed by atoms with Crippen molar-refractivity contribution in [2.24, 2.45) is 10.7 Å². The van der Waals surface area contributed by atoms with Gasteiger partial charge in [0.05, 0.1) is 12.6 Å². The highest BCUT2D eigenvalue weighted by atomic mass is 15.2. The van der Waals surface area contributed by atoms with E-state index in [1.165, 1.54) is 5.56 Å². The summed E-state index contributed by atoms with van der Waals surface area (Å²) in [5.74, 6) is 0.478. The van der Waals surface area contributed by atoms with Gasteiger partial charge in [0.1, 0.15) is 0 Å². The van der Waals surface area contributed by atoms with Crippen LogP contribution in [0.25, 0.3) is 0 Å². The lowest BCUT2D eigenvalue weighted by Gasteiger charge is -2.29. The van der Waals surface area contributed by atoms with Gasteiger partial charge in [-0.05, 0) is 25.6 Å². The number of aliphatic imine (C=N–C) groups is 1. The monoisotopic (exact) mass is 288 g/mol. The molecular formula is C17H28N4. The van der Waals surface area contributed by atoms with Crippen molar-refractivity contribution in [1.82, 2.24) is 10.2 Å². The van der Waals surface area contributed by atoms with Gasteiger partial charge in [-0.15, -0.1) is 0 Å². The minimum absolute atomic E-state index is 0.256. The second-order valence-corrected chi connectivity index (χ2v) is 5.18. The van der Waals surface area contributed by atoms with Crippen molar-refractivity contribution < 1.29 is 0 Å². The maximum atomic E-state index is 5.91. The predicted octanol–water partition coefficient (Wildman–Crippen LogP) is 2.55. The molecule has 0 fully saturated rings. The van der Waals surface area contributed by atoms with Crippen LogP contribution in [0.5, 0.6) is 0 Å². The Balaban J connectivity index is 2.78. The summed E-state index contributed by atoms with van der Waals surface area (Å²) in [5.41, 5.74) is 8.22. The first-order valence-corrected chi connectivity index (χ1v) is 7.55. The minimum atomic E-state index is 0.256. The summed E-state index contributed by atoms with van der Waals surface area (Å²) in [6.45, 7) is 13.4. The van der Waals surface area contributed by atoms with Crippen LogP contribution >= 0.6 is 0 Å². The second-order valence-electron chi connectivity index (χ2n) is 5.18. The van der Waals surface area contributed by atoms with Crippen LogP contribution in [-0.4, -0.2) is 37.0 Å². The van der Waals surface area contributed by atoms with E-state index in [1.807, 2.05) is 13.0 Å². The summed E-state index contributed by atoms with van der Waals surface area (Å²) >= 11 is 0. The fourth-order valence-electron chi connectivity index (χ4n) is 2.25. The SMILES string of the molecule is C=C(C)CNC(N)=NCC(c1ccccc1)N(CC)CC. The molecule has 1 atom stereocenters. The summed E-state index contributed by atoms with van der Waals surface area (Å²) < 4.78 is 0. The van der Waals surface area contributed by atoms with Crippen molar-refractivity contribution in [1.29, 1.82) is 0 Å². The van der Waals surface area contributed by atoms with E-state index in [-0.39, 0.29) is 6.04 Å². The van der Waals surface area contributed by atoms with Crippen LogP contribution in [0.15, 0.2) is 47.5 Å². The zero-order valence-corrected chi connectivity index (χ0v) is 13.5. The largest absolute Gasteiger partial charge is 0.370 e. The van der Waals surface area contributed by atoms with Crippen molar-refractivity contribution in [3.8, 4) is 0 Å². The summed E-state index contributed by atoms with van der Waals surface area (Å²) in [4.78, 5) is 6.88. The lowest BCUT2D eigenvalue weighted by Crippen LogP contribution is -2.35. The van der Waals surface area contributed by atoms with Gasteiger partial charge in [0.2, 0.25) is 0 Å². The summed E-state index contributed by atoms with van der Waals surface area (Å²) in [6, 6.07) is 10.7. The minimum Gasteiger partial charge on any atom is -0.370 e. The lowest BCUT2D eigenvalue weighted by molar-refractivity contribution is 0.224. The Bertz CT molecular complexity index is 449. The van der Waals surface area contributed by atoms with E-state index in [0.29, 0.717) is 19.0 Å². The van der Waals surface area contributed by atoms with Crippen molar-refractivity contribution in [2.75, 3.05) is 26.2 Å². The van der Waals surface area contributed by atoms with Crippen LogP contribution in [0.1, 0.15) is 32.4 Å². The van der Waals surface area contributed by atoms with Gasteiger partial charge >= 0.3 is 0 Å². The van der Waals surface area contributed by atoms with E-state index in [0.717, 1.165) is 18.7 Å². The molecule has 4 heteroatoms. The average molecular weight is 288 g/mol. The standard InChI is InChI=1S/C17H28N4/c1-5-21(6-2)16(15-10-8-7-9-11-15)13-20-17(18)19-12-14(3)4/h7-11,16H,3,5-6,12-13H2,1-2,4H3,(H3,18,19,20). The molecule has 116 valence electrons. The molecule has 0 saturated heterocycles. The second kappa shape index (κ2) is 9.19. The molecular weight excluding hydrogens is 260 g/mol. The molecule has 1 unspecified atom stereocenters. The van der Waals surface area contributed by atoms with Gasteiger partial charge in [-0.1, -0.05) is 56.3 Å². The van der Waals surface area contributed by atoms with Gasteiger partial charge in [0.25, 0.3) is 0 Å². The maximum absolute atomic E-state index is 5.91. The quantitative estimate of drug-likeness (QED) is 0.439. The average Bonchev–Trinajstić information content (AvgIpc) is 2.50. The summed E-state index contributed by atoms with van der Waals surface area (Å²) in [7, 11) is 0. The zero-order chi connectivity index (χ0) is 15.7. The maximum Gasteiger partial charge on any atom is 0.188 e. The van der Waals surface area contributed by atoms with Gasteiger partial charge in [-0.2, -0.15) is 0 Å². The molecule has 1 rings (SSSR count). The number of likely N-dealkylation sites (N-methyl/N-ethyl adjacent to an activating group) is 1. The lowest BCUT2D eigenvalue weighted by atomic mass is 10.1. The first kappa shape index (κ1) is 17.2. The van der Waals surface area contributed by atoms with Crippen LogP contribution in [0.2, 0.25) is 0 Å². The normalized spacial score (nSPS) is 13.2. The molecule has 1 aromatic carbocycles. The summed E-state index contributed by atoms with van der Waals surface area (Å²) in [6.07, 6.45) is 0. The van der Waals surface area contributed by atoms with E-state index in [9.17, 15) is 0 Å². The van der Waals surface area contributed by atoms with Crippen molar-refractivity contribution in [3.05, 3.63) is 48.0 Å². The third-order valence-electron chi connectivity index (χ3n) is 3.44. The number of rotatable bonds is 8. The molecule has 0 aromatic heterocycles. The van der Waals surface area contributed by atoms with E-state index >= 15 is 0 Å². The van der Waals surface area contributed by atoms with Crippen molar-refractivity contribution >= 4 is 5.96 Å². The van der Waals surface area contributed by atoms with E-state index < -0.39 is 0 Å². The molecule has 0 aliphatic heterocycles. The number of nitrogens with two attached hydrogens (primary N) is 1. The van der Waals surface area contributed by atoms with Gasteiger partial charge in [-0.3, -0.25) is 9.89 Å². The Kier molecular flexibility index (Phi) is 7.54. The Hall–Kier alpha value is -1.81. The van der Waals surface area contributed by atoms with Crippen molar-refractivity contribution in [3.63, 3.8) is 0 Å². The smallest absolute Gasteiger partial charge is 0.188 e. The first-order chi connectivity index (χ1) is 10.1. The van der Waals surface area contributed by atoms with Gasteiger partial charge in [0, 0.05) is 6.54 Å². The topological polar surface area (TPSA) is 53.6 Å². The number of nitrogens with one attached hydrogen (secondary N) is 1. The molecule has 0 aliphatic rings. The molecule has 0 bridgehead atoms. The van der Waals surface area contributed by atoms with Gasteiger partial charge < -0.3 is 11.1 Å². The fraction of sp³-hybridized carbons (Fsp3) is 0.471. The van der Waals surface area contributed by atoms with Crippen LogP contribution in [0, 0.1) is 0 Å². The van der Waals surface area contributed by atoms with Crippen LogP contribution in [0.4, 0.5) is 0 Å². The first-order valence-electron chi connectivity index (χ1n) is 7.55. The number of hydrogen-bond donors (Lipinski definition) is 2. The third-order valence-corrected chi connectivity index (χ3v) is 3.44. The predicted molar refractivity (Wildman–Crippen MR) is 91.4 cm³/mol. The molecule has 0 saturated carbocycles. The molecule has 0 heterocycles. The molecule has 4 nitrogen and oxygen atoms in total. The molecule has 21 heavy (non-hydrogen) atoms. The van der Waals surface area contributed by atoms with Crippen LogP contribution < -0.4 is 11.1 Å². The van der Waals surface area contributed by atoms with E-state index in [1.54, 1.807) is 0 Å². The molecule has 0 aliphatic carbocycles. The third kappa shape index (κ3) is 6.00. The van der Waals surface area contributed by atoms with E-state index in [4.69, 9.17) is 5.73 Å². The highest BCUT2D eigenvalue weighted by Crippen LogP contribution is 2.20. The number of guanidine groups is 1. The highest BCUT2D eigenvalue weighted by Gasteiger charge is 2.17. The zero-order valence-electron chi connectivity index (χ0n) is 13.5. The van der Waals surface area contributed by atoms with Gasteiger partial charge in [0.15, 0.2) is 5.96 Å². The number of benzene rings is 1.